The molecule has 2 aromatic heterocycles. The van der Waals surface area contributed by atoms with Gasteiger partial charge in [0.05, 0.1) is 19.0 Å². The third kappa shape index (κ3) is 4.05. The minimum Gasteiger partial charge on any atom is -0.468 e. The number of aliphatic hydroxyl groups is 2. The number of rotatable bonds is 5. The van der Waals surface area contributed by atoms with Crippen LogP contribution in [0, 0.1) is 0 Å². The van der Waals surface area contributed by atoms with Crippen molar-refractivity contribution >= 4 is 34.4 Å². The van der Waals surface area contributed by atoms with Gasteiger partial charge in [-0.2, -0.15) is 0 Å². The third-order valence-corrected chi connectivity index (χ3v) is 6.35. The van der Waals surface area contributed by atoms with Crippen LogP contribution >= 0.6 is 12.2 Å². The smallest absolute Gasteiger partial charge is 0.259 e. The summed E-state index contributed by atoms with van der Waals surface area (Å²) in [6.45, 7) is 3.14. The van der Waals surface area contributed by atoms with Crippen LogP contribution in [0.4, 0.5) is 5.82 Å². The molecule has 12 heteroatoms. The molecule has 3 N–H and O–H groups in total. The van der Waals surface area contributed by atoms with Crippen LogP contribution in [0.5, 0.6) is 0 Å². The van der Waals surface area contributed by atoms with E-state index in [2.05, 4.69) is 20.3 Å². The number of hydrogen-bond acceptors (Lipinski definition) is 10. The van der Waals surface area contributed by atoms with Crippen molar-refractivity contribution < 1.29 is 24.4 Å². The molecule has 31 heavy (non-hydrogen) atoms. The normalized spacial score (nSPS) is 30.9. The molecule has 0 radical (unpaired) electrons. The lowest BCUT2D eigenvalue weighted by Gasteiger charge is -2.21. The van der Waals surface area contributed by atoms with E-state index in [4.69, 9.17) is 26.4 Å². The summed E-state index contributed by atoms with van der Waals surface area (Å²) in [4.78, 5) is 15.0. The molecule has 0 spiro atoms. The Hall–Kier alpha value is -2.12. The van der Waals surface area contributed by atoms with Gasteiger partial charge >= 0.3 is 0 Å². The van der Waals surface area contributed by atoms with Crippen LogP contribution in [0.15, 0.2) is 12.7 Å². The van der Waals surface area contributed by atoms with Gasteiger partial charge < -0.3 is 34.6 Å². The van der Waals surface area contributed by atoms with E-state index in [9.17, 15) is 10.2 Å². The number of hydrogen-bond donors (Lipinski definition) is 3. The van der Waals surface area contributed by atoms with Crippen LogP contribution in [-0.4, -0.2) is 97.1 Å². The SMILES string of the molecule is OC1C(COC(=S)N2CCCC2)OC(n2cnc3c(N[C@@H]4CCOC4)ncnc32)C1O. The zero-order chi connectivity index (χ0) is 21.4. The fraction of sp³-hybridized carbons (Fsp3) is 0.684. The zero-order valence-corrected chi connectivity index (χ0v) is 17.8. The van der Waals surface area contributed by atoms with E-state index in [1.54, 1.807) is 4.57 Å². The van der Waals surface area contributed by atoms with Crippen LogP contribution in [0.25, 0.3) is 11.2 Å². The number of nitrogens with one attached hydrogen (secondary N) is 1. The number of aliphatic hydroxyl groups excluding tert-OH is 2. The Morgan fingerprint density at radius 1 is 1.23 bits per heavy atom. The minimum atomic E-state index is -1.17. The molecule has 3 saturated heterocycles. The summed E-state index contributed by atoms with van der Waals surface area (Å²) in [7, 11) is 0. The van der Waals surface area contributed by atoms with Gasteiger partial charge in [0.1, 0.15) is 31.2 Å². The Labute approximate surface area is 184 Å². The van der Waals surface area contributed by atoms with Crippen LogP contribution in [0.2, 0.25) is 0 Å². The summed E-state index contributed by atoms with van der Waals surface area (Å²) < 4.78 is 18.6. The van der Waals surface area contributed by atoms with E-state index in [-0.39, 0.29) is 12.6 Å². The first-order chi connectivity index (χ1) is 15.1. The number of ether oxygens (including phenoxy) is 3. The van der Waals surface area contributed by atoms with E-state index < -0.39 is 24.5 Å². The molecule has 5 heterocycles. The molecule has 3 aliphatic heterocycles. The average Bonchev–Trinajstić information content (AvgIpc) is 3.56. The van der Waals surface area contributed by atoms with Crippen molar-refractivity contribution in [1.82, 2.24) is 24.4 Å². The van der Waals surface area contributed by atoms with Crippen molar-refractivity contribution in [2.24, 2.45) is 0 Å². The van der Waals surface area contributed by atoms with Crippen molar-refractivity contribution in [3.8, 4) is 0 Å². The molecule has 3 aliphatic rings. The number of thiocarbonyl (C=S) groups is 1. The maximum absolute atomic E-state index is 10.6. The highest BCUT2D eigenvalue weighted by Gasteiger charge is 2.45. The Kier molecular flexibility index (Phi) is 5.89. The summed E-state index contributed by atoms with van der Waals surface area (Å²) >= 11 is 5.32. The molecule has 0 aliphatic carbocycles. The van der Waals surface area contributed by atoms with Crippen LogP contribution < -0.4 is 5.32 Å². The summed E-state index contributed by atoms with van der Waals surface area (Å²) in [6.07, 6.45) is 2.17. The Bertz CT molecular complexity index is 932. The van der Waals surface area contributed by atoms with Gasteiger partial charge in [-0.25, -0.2) is 15.0 Å². The van der Waals surface area contributed by atoms with E-state index in [0.29, 0.717) is 35.4 Å². The van der Waals surface area contributed by atoms with Crippen molar-refractivity contribution in [1.29, 1.82) is 0 Å². The molecule has 5 atom stereocenters. The molecule has 2 aromatic rings. The molecule has 3 fully saturated rings. The first kappa shape index (κ1) is 20.8. The lowest BCUT2D eigenvalue weighted by molar-refractivity contribution is -0.0501. The third-order valence-electron chi connectivity index (χ3n) is 5.98. The van der Waals surface area contributed by atoms with Gasteiger partial charge in [0.25, 0.3) is 5.17 Å². The minimum absolute atomic E-state index is 0.0557. The van der Waals surface area contributed by atoms with Gasteiger partial charge in [-0.3, -0.25) is 4.57 Å². The highest BCUT2D eigenvalue weighted by Crippen LogP contribution is 2.32. The van der Waals surface area contributed by atoms with Gasteiger partial charge in [-0.05, 0) is 31.5 Å². The van der Waals surface area contributed by atoms with Crippen LogP contribution in [0.3, 0.4) is 0 Å². The molecule has 0 amide bonds. The number of fused-ring (bicyclic) bond motifs is 1. The molecular weight excluding hydrogens is 424 g/mol. The summed E-state index contributed by atoms with van der Waals surface area (Å²) in [6, 6.07) is 0.166. The highest BCUT2D eigenvalue weighted by atomic mass is 32.1. The van der Waals surface area contributed by atoms with Gasteiger partial charge in [0, 0.05) is 19.7 Å². The lowest BCUT2D eigenvalue weighted by atomic mass is 10.1. The molecule has 5 rings (SSSR count). The monoisotopic (exact) mass is 450 g/mol. The second-order valence-electron chi connectivity index (χ2n) is 8.07. The summed E-state index contributed by atoms with van der Waals surface area (Å²) in [5.74, 6) is 0.600. The second-order valence-corrected chi connectivity index (χ2v) is 8.42. The van der Waals surface area contributed by atoms with E-state index >= 15 is 0 Å². The van der Waals surface area contributed by atoms with Crippen molar-refractivity contribution in [3.63, 3.8) is 0 Å². The Morgan fingerprint density at radius 2 is 2.06 bits per heavy atom. The van der Waals surface area contributed by atoms with Crippen molar-refractivity contribution in [2.45, 2.75) is 49.8 Å². The topological polar surface area (TPSA) is 127 Å². The van der Waals surface area contributed by atoms with Crippen LogP contribution in [0.1, 0.15) is 25.5 Å². The zero-order valence-electron chi connectivity index (χ0n) is 17.0. The van der Waals surface area contributed by atoms with Crippen LogP contribution in [-0.2, 0) is 14.2 Å². The molecule has 4 unspecified atom stereocenters. The number of aromatic nitrogens is 4. The average molecular weight is 451 g/mol. The van der Waals surface area contributed by atoms with E-state index in [1.165, 1.54) is 12.7 Å². The van der Waals surface area contributed by atoms with Gasteiger partial charge in [0.2, 0.25) is 0 Å². The quantitative estimate of drug-likeness (QED) is 0.535. The number of imidazole rings is 1. The molecule has 0 saturated carbocycles. The van der Waals surface area contributed by atoms with Gasteiger partial charge in [0.15, 0.2) is 23.2 Å². The van der Waals surface area contributed by atoms with E-state index in [1.807, 2.05) is 4.90 Å². The molecule has 0 aromatic carbocycles. The largest absolute Gasteiger partial charge is 0.468 e. The molecular formula is C19H26N6O5S. The van der Waals surface area contributed by atoms with Crippen molar-refractivity contribution in [3.05, 3.63) is 12.7 Å². The second kappa shape index (κ2) is 8.79. The lowest BCUT2D eigenvalue weighted by Crippen LogP contribution is -2.36. The number of nitrogens with zero attached hydrogens (tertiary/aromatic N) is 5. The first-order valence-electron chi connectivity index (χ1n) is 10.6. The maximum Gasteiger partial charge on any atom is 0.259 e. The summed E-state index contributed by atoms with van der Waals surface area (Å²) in [5.41, 5.74) is 1.07. The van der Waals surface area contributed by atoms with Gasteiger partial charge in [-0.15, -0.1) is 0 Å². The molecule has 168 valence electrons. The van der Waals surface area contributed by atoms with Gasteiger partial charge in [-0.1, -0.05) is 0 Å². The highest BCUT2D eigenvalue weighted by molar-refractivity contribution is 7.80. The Morgan fingerprint density at radius 3 is 2.84 bits per heavy atom. The van der Waals surface area contributed by atoms with Crippen molar-refractivity contribution in [2.75, 3.05) is 38.2 Å². The fourth-order valence-electron chi connectivity index (χ4n) is 4.23. The maximum atomic E-state index is 10.6. The first-order valence-corrected chi connectivity index (χ1v) is 11.0. The molecule has 11 nitrogen and oxygen atoms in total. The predicted octanol–water partition coefficient (Wildman–Crippen LogP) is 0.0436. The molecule has 0 bridgehead atoms. The van der Waals surface area contributed by atoms with E-state index in [0.717, 1.165) is 32.4 Å². The standard InChI is InChI=1S/C19H26N6O5S/c26-14-12(8-29-19(31)24-4-1-2-5-24)30-18(15(14)27)25-10-22-13-16(20-9-21-17(13)25)23-11-3-6-28-7-11/h9-12,14-15,18,26-27H,1-8H2,(H,20,21,23)/t11-,12?,14?,15?,18?/m1/s1. The number of anilines is 1. The predicted molar refractivity (Wildman–Crippen MR) is 113 cm³/mol. The summed E-state index contributed by atoms with van der Waals surface area (Å²) in [5, 5.41) is 24.9. The Balaban J connectivity index is 1.29. The fourth-order valence-corrected chi connectivity index (χ4v) is 4.48. The number of likely N-dealkylation sites (tertiary alicyclic amines) is 1.